The minimum atomic E-state index is -1.22. The standard InChI is InChI=1S/C25H24ClN3O4/c1-16(2)32-22-13-10-19(14-21(22)26)24-28-29(25(31)33-24)15-17-8-11-20(12-9-17)27-23(30)18-6-4-3-5-7-18/h3-14,16,25,31H,15H2,1-2H3,(H,27,30). The third-order valence-corrected chi connectivity index (χ3v) is 5.12. The van der Waals surface area contributed by atoms with Crippen molar-refractivity contribution in [3.05, 3.63) is 94.5 Å². The SMILES string of the molecule is CC(C)Oc1ccc(C2=NN(Cc3ccc(NC(=O)c4ccccc4)cc3)C(O)O2)cc1Cl. The fraction of sp³-hybridized carbons (Fsp3) is 0.200. The molecule has 0 aliphatic carbocycles. The predicted octanol–water partition coefficient (Wildman–Crippen LogP) is 4.85. The van der Waals surface area contributed by atoms with Crippen LogP contribution in [0.4, 0.5) is 5.69 Å². The van der Waals surface area contributed by atoms with E-state index < -0.39 is 6.41 Å². The Morgan fingerprint density at radius 3 is 2.55 bits per heavy atom. The maximum Gasteiger partial charge on any atom is 0.298 e. The number of aliphatic hydroxyl groups is 1. The fourth-order valence-electron chi connectivity index (χ4n) is 3.25. The zero-order chi connectivity index (χ0) is 23.4. The summed E-state index contributed by atoms with van der Waals surface area (Å²) < 4.78 is 11.2. The number of anilines is 1. The van der Waals surface area contributed by atoms with E-state index in [1.165, 1.54) is 5.01 Å². The number of benzene rings is 3. The zero-order valence-corrected chi connectivity index (χ0v) is 19.0. The van der Waals surface area contributed by atoms with E-state index >= 15 is 0 Å². The van der Waals surface area contributed by atoms with E-state index in [4.69, 9.17) is 21.1 Å². The quantitative estimate of drug-likeness (QED) is 0.521. The molecule has 1 unspecified atom stereocenters. The average molecular weight is 466 g/mol. The lowest BCUT2D eigenvalue weighted by Crippen LogP contribution is -2.27. The molecule has 0 aromatic heterocycles. The number of aliphatic hydroxyl groups excluding tert-OH is 1. The van der Waals surface area contributed by atoms with Gasteiger partial charge in [-0.15, -0.1) is 5.10 Å². The summed E-state index contributed by atoms with van der Waals surface area (Å²) in [6.45, 7) is 4.17. The van der Waals surface area contributed by atoms with Crippen LogP contribution in [0.25, 0.3) is 0 Å². The van der Waals surface area contributed by atoms with Crippen LogP contribution < -0.4 is 10.1 Å². The molecule has 7 nitrogen and oxygen atoms in total. The maximum absolute atomic E-state index is 12.3. The topological polar surface area (TPSA) is 83.4 Å². The molecule has 170 valence electrons. The second-order valence-electron chi connectivity index (χ2n) is 7.78. The van der Waals surface area contributed by atoms with Crippen molar-refractivity contribution in [2.24, 2.45) is 5.10 Å². The highest BCUT2D eigenvalue weighted by Gasteiger charge is 2.27. The molecule has 1 heterocycles. The molecule has 0 saturated heterocycles. The van der Waals surface area contributed by atoms with E-state index in [1.54, 1.807) is 42.5 Å². The van der Waals surface area contributed by atoms with Crippen molar-refractivity contribution in [1.82, 2.24) is 5.01 Å². The van der Waals surface area contributed by atoms with E-state index in [9.17, 15) is 9.90 Å². The number of nitrogens with one attached hydrogen (secondary N) is 1. The molecule has 0 bridgehead atoms. The van der Waals surface area contributed by atoms with Gasteiger partial charge in [-0.2, -0.15) is 0 Å². The van der Waals surface area contributed by atoms with Gasteiger partial charge in [0.05, 0.1) is 17.7 Å². The van der Waals surface area contributed by atoms with Gasteiger partial charge in [-0.05, 0) is 61.9 Å². The lowest BCUT2D eigenvalue weighted by Gasteiger charge is -2.17. The Morgan fingerprint density at radius 2 is 1.88 bits per heavy atom. The Hall–Kier alpha value is -3.55. The number of carbonyl (C=O) groups excluding carboxylic acids is 1. The zero-order valence-electron chi connectivity index (χ0n) is 18.2. The molecule has 0 spiro atoms. The summed E-state index contributed by atoms with van der Waals surface area (Å²) in [5, 5.41) is 19.4. The molecule has 0 fully saturated rings. The van der Waals surface area contributed by atoms with Gasteiger partial charge in [0.2, 0.25) is 5.90 Å². The van der Waals surface area contributed by atoms with Gasteiger partial charge in [0, 0.05) is 16.8 Å². The number of rotatable bonds is 7. The van der Waals surface area contributed by atoms with Crippen LogP contribution in [-0.2, 0) is 11.3 Å². The van der Waals surface area contributed by atoms with Crippen LogP contribution in [0.3, 0.4) is 0 Å². The van der Waals surface area contributed by atoms with Crippen LogP contribution in [0, 0.1) is 0 Å². The Bertz CT molecular complexity index is 1150. The maximum atomic E-state index is 12.3. The third kappa shape index (κ3) is 5.63. The molecule has 1 aliphatic rings. The molecular formula is C25H24ClN3O4. The number of hydrogen-bond acceptors (Lipinski definition) is 6. The highest BCUT2D eigenvalue weighted by atomic mass is 35.5. The molecule has 4 rings (SSSR count). The van der Waals surface area contributed by atoms with Crippen LogP contribution in [0.1, 0.15) is 35.3 Å². The predicted molar refractivity (Wildman–Crippen MR) is 127 cm³/mol. The van der Waals surface area contributed by atoms with Crippen molar-refractivity contribution >= 4 is 29.1 Å². The Labute approximate surface area is 197 Å². The number of halogens is 1. The number of hydrazone groups is 1. The highest BCUT2D eigenvalue weighted by molar-refractivity contribution is 6.32. The molecule has 8 heteroatoms. The minimum Gasteiger partial charge on any atom is -0.489 e. The largest absolute Gasteiger partial charge is 0.489 e. The summed E-state index contributed by atoms with van der Waals surface area (Å²) in [4.78, 5) is 12.3. The van der Waals surface area contributed by atoms with Crippen molar-refractivity contribution in [1.29, 1.82) is 0 Å². The summed E-state index contributed by atoms with van der Waals surface area (Å²) in [6.07, 6.45) is -1.22. The second-order valence-corrected chi connectivity index (χ2v) is 8.18. The molecule has 1 aliphatic heterocycles. The molecule has 0 radical (unpaired) electrons. The first-order valence-electron chi connectivity index (χ1n) is 10.5. The second kappa shape index (κ2) is 9.94. The van der Waals surface area contributed by atoms with Crippen LogP contribution >= 0.6 is 11.6 Å². The highest BCUT2D eigenvalue weighted by Crippen LogP contribution is 2.28. The van der Waals surface area contributed by atoms with Gasteiger partial charge >= 0.3 is 0 Å². The monoisotopic (exact) mass is 465 g/mol. The lowest BCUT2D eigenvalue weighted by molar-refractivity contribution is -0.122. The first-order valence-corrected chi connectivity index (χ1v) is 10.9. The van der Waals surface area contributed by atoms with E-state index in [2.05, 4.69) is 10.4 Å². The van der Waals surface area contributed by atoms with Crippen LogP contribution in [0.2, 0.25) is 5.02 Å². The molecule has 33 heavy (non-hydrogen) atoms. The molecule has 3 aromatic carbocycles. The minimum absolute atomic E-state index is 0.00350. The van der Waals surface area contributed by atoms with Crippen LogP contribution in [-0.4, -0.2) is 34.4 Å². The first kappa shape index (κ1) is 22.6. The summed E-state index contributed by atoms with van der Waals surface area (Å²) in [5.74, 6) is 0.669. The molecule has 1 amide bonds. The van der Waals surface area contributed by atoms with Gasteiger partial charge in [-0.1, -0.05) is 41.9 Å². The number of ether oxygens (including phenoxy) is 2. The Balaban J connectivity index is 1.41. The number of amides is 1. The number of hydrogen-bond donors (Lipinski definition) is 2. The van der Waals surface area contributed by atoms with Crippen molar-refractivity contribution < 1.29 is 19.4 Å². The van der Waals surface area contributed by atoms with Gasteiger partial charge in [0.25, 0.3) is 12.3 Å². The van der Waals surface area contributed by atoms with E-state index in [-0.39, 0.29) is 17.9 Å². The van der Waals surface area contributed by atoms with E-state index in [0.29, 0.717) is 34.1 Å². The number of nitrogens with zero attached hydrogens (tertiary/aromatic N) is 2. The van der Waals surface area contributed by atoms with Crippen molar-refractivity contribution in [3.63, 3.8) is 0 Å². The fourth-order valence-corrected chi connectivity index (χ4v) is 3.47. The van der Waals surface area contributed by atoms with Gasteiger partial charge in [0.1, 0.15) is 5.75 Å². The van der Waals surface area contributed by atoms with E-state index in [1.807, 2.05) is 44.2 Å². The van der Waals surface area contributed by atoms with Crippen LogP contribution in [0.15, 0.2) is 77.9 Å². The molecule has 1 atom stereocenters. The summed E-state index contributed by atoms with van der Waals surface area (Å²) in [5.41, 5.74) is 2.79. The van der Waals surface area contributed by atoms with Gasteiger partial charge in [-0.3, -0.25) is 4.79 Å². The average Bonchev–Trinajstić information content (AvgIpc) is 3.17. The van der Waals surface area contributed by atoms with Gasteiger partial charge < -0.3 is 19.9 Å². The molecule has 3 aromatic rings. The third-order valence-electron chi connectivity index (χ3n) is 4.83. The van der Waals surface area contributed by atoms with Crippen LogP contribution in [0.5, 0.6) is 5.75 Å². The van der Waals surface area contributed by atoms with Crippen molar-refractivity contribution in [3.8, 4) is 5.75 Å². The smallest absolute Gasteiger partial charge is 0.298 e. The van der Waals surface area contributed by atoms with Gasteiger partial charge in [-0.25, -0.2) is 5.01 Å². The summed E-state index contributed by atoms with van der Waals surface area (Å²) in [7, 11) is 0. The lowest BCUT2D eigenvalue weighted by atomic mass is 10.2. The Kier molecular flexibility index (Phi) is 6.82. The summed E-state index contributed by atoms with van der Waals surface area (Å²) in [6, 6.07) is 21.6. The van der Waals surface area contributed by atoms with Gasteiger partial charge in [0.15, 0.2) is 0 Å². The Morgan fingerprint density at radius 1 is 1.15 bits per heavy atom. The van der Waals surface area contributed by atoms with Crippen molar-refractivity contribution in [2.45, 2.75) is 32.9 Å². The first-order chi connectivity index (χ1) is 15.9. The van der Waals surface area contributed by atoms with E-state index in [0.717, 1.165) is 5.56 Å². The summed E-state index contributed by atoms with van der Waals surface area (Å²) >= 11 is 6.30. The van der Waals surface area contributed by atoms with Crippen molar-refractivity contribution in [2.75, 3.05) is 5.32 Å². The molecule has 2 N–H and O–H groups in total. The molecule has 0 saturated carbocycles. The normalized spacial score (nSPS) is 15.2. The number of carbonyl (C=O) groups is 1. The molecular weight excluding hydrogens is 442 g/mol.